The first-order valence-electron chi connectivity index (χ1n) is 7.76. The summed E-state index contributed by atoms with van der Waals surface area (Å²) in [7, 11) is 0. The summed E-state index contributed by atoms with van der Waals surface area (Å²) in [5.41, 5.74) is 2.74. The molecule has 0 radical (unpaired) electrons. The van der Waals surface area contributed by atoms with Gasteiger partial charge in [-0.25, -0.2) is 5.43 Å². The molecular formula is C17H19N3O5. The van der Waals surface area contributed by atoms with Gasteiger partial charge in [0.05, 0.1) is 18.9 Å². The minimum Gasteiger partial charge on any atom is -0.494 e. The van der Waals surface area contributed by atoms with Crippen LogP contribution in [0, 0.1) is 16.0 Å². The molecule has 0 unspecified atom stereocenters. The van der Waals surface area contributed by atoms with Crippen LogP contribution in [-0.4, -0.2) is 23.7 Å². The third-order valence-corrected chi connectivity index (χ3v) is 3.23. The molecule has 0 bridgehead atoms. The maximum Gasteiger partial charge on any atom is 0.433 e. The molecule has 132 valence electrons. The van der Waals surface area contributed by atoms with Crippen molar-refractivity contribution in [3.05, 3.63) is 57.8 Å². The van der Waals surface area contributed by atoms with E-state index >= 15 is 0 Å². The Morgan fingerprint density at radius 1 is 1.32 bits per heavy atom. The molecule has 8 nitrogen and oxygen atoms in total. The second-order valence-corrected chi connectivity index (χ2v) is 5.69. The van der Waals surface area contributed by atoms with Crippen LogP contribution in [0.15, 0.2) is 45.9 Å². The number of hydrogen-bond donors (Lipinski definition) is 1. The van der Waals surface area contributed by atoms with E-state index in [1.807, 2.05) is 0 Å². The summed E-state index contributed by atoms with van der Waals surface area (Å²) < 4.78 is 10.5. The first kappa shape index (κ1) is 18.2. The number of furan rings is 1. The van der Waals surface area contributed by atoms with E-state index in [4.69, 9.17) is 9.15 Å². The zero-order chi connectivity index (χ0) is 18.2. The van der Waals surface area contributed by atoms with Crippen molar-refractivity contribution in [2.24, 2.45) is 11.0 Å². The van der Waals surface area contributed by atoms with Crippen LogP contribution in [0.25, 0.3) is 0 Å². The number of ether oxygens (including phenoxy) is 1. The average molecular weight is 345 g/mol. The molecule has 1 amide bonds. The molecule has 25 heavy (non-hydrogen) atoms. The van der Waals surface area contributed by atoms with Crippen LogP contribution in [0.4, 0.5) is 5.88 Å². The Labute approximate surface area is 144 Å². The SMILES string of the molecule is CC(C)CCOc1ccc(C(=O)N/N=C\c2ccc([N+](=O)[O-])o2)cc1. The van der Waals surface area contributed by atoms with Crippen LogP contribution in [0.5, 0.6) is 5.75 Å². The Morgan fingerprint density at radius 3 is 2.64 bits per heavy atom. The largest absolute Gasteiger partial charge is 0.494 e. The number of amides is 1. The van der Waals surface area contributed by atoms with Crippen molar-refractivity contribution in [2.75, 3.05) is 6.61 Å². The predicted octanol–water partition coefficient (Wildman–Crippen LogP) is 3.38. The third kappa shape index (κ3) is 5.76. The topological polar surface area (TPSA) is 107 Å². The minimum atomic E-state index is -0.652. The van der Waals surface area contributed by atoms with Crippen molar-refractivity contribution >= 4 is 18.0 Å². The van der Waals surface area contributed by atoms with Crippen LogP contribution in [0.2, 0.25) is 0 Å². The first-order chi connectivity index (χ1) is 12.0. The number of nitrogens with one attached hydrogen (secondary N) is 1. The molecule has 0 atom stereocenters. The van der Waals surface area contributed by atoms with Gasteiger partial charge in [0.25, 0.3) is 5.91 Å². The molecule has 8 heteroatoms. The number of rotatable bonds is 8. The third-order valence-electron chi connectivity index (χ3n) is 3.23. The smallest absolute Gasteiger partial charge is 0.433 e. The standard InChI is InChI=1S/C17H19N3O5/c1-12(2)9-10-24-14-5-3-13(4-6-14)17(21)19-18-11-15-7-8-16(25-15)20(22)23/h3-8,11-12H,9-10H2,1-2H3,(H,19,21)/b18-11-. The predicted molar refractivity (Wildman–Crippen MR) is 91.8 cm³/mol. The second kappa shape index (κ2) is 8.62. The molecule has 0 aliphatic carbocycles. The van der Waals surface area contributed by atoms with E-state index in [9.17, 15) is 14.9 Å². The molecule has 1 aromatic carbocycles. The van der Waals surface area contributed by atoms with Gasteiger partial charge in [0.1, 0.15) is 10.7 Å². The number of nitro groups is 1. The molecule has 0 saturated heterocycles. The molecule has 1 heterocycles. The molecule has 0 aliphatic rings. The number of hydrazone groups is 1. The highest BCUT2D eigenvalue weighted by atomic mass is 16.6. The normalized spacial score (nSPS) is 11.0. The van der Waals surface area contributed by atoms with Gasteiger partial charge in [0, 0.05) is 5.56 Å². The Morgan fingerprint density at radius 2 is 2.04 bits per heavy atom. The molecular weight excluding hydrogens is 326 g/mol. The van der Waals surface area contributed by atoms with Crippen LogP contribution in [-0.2, 0) is 0 Å². The van der Waals surface area contributed by atoms with E-state index in [0.29, 0.717) is 23.8 Å². The molecule has 2 rings (SSSR count). The van der Waals surface area contributed by atoms with Gasteiger partial charge in [-0.3, -0.25) is 14.9 Å². The highest BCUT2D eigenvalue weighted by Gasteiger charge is 2.10. The summed E-state index contributed by atoms with van der Waals surface area (Å²) in [4.78, 5) is 21.8. The van der Waals surface area contributed by atoms with E-state index < -0.39 is 10.8 Å². The minimum absolute atomic E-state index is 0.168. The lowest BCUT2D eigenvalue weighted by Gasteiger charge is -2.08. The molecule has 2 aromatic rings. The fourth-order valence-electron chi connectivity index (χ4n) is 1.84. The molecule has 1 N–H and O–H groups in total. The zero-order valence-electron chi connectivity index (χ0n) is 14.0. The quantitative estimate of drug-likeness (QED) is 0.448. The summed E-state index contributed by atoms with van der Waals surface area (Å²) >= 11 is 0. The molecule has 0 saturated carbocycles. The maximum absolute atomic E-state index is 12.0. The van der Waals surface area contributed by atoms with Gasteiger partial charge in [-0.1, -0.05) is 13.8 Å². The average Bonchev–Trinajstić information content (AvgIpc) is 3.04. The fraction of sp³-hybridized carbons (Fsp3) is 0.294. The number of carbonyl (C=O) groups is 1. The Balaban J connectivity index is 1.85. The highest BCUT2D eigenvalue weighted by molar-refractivity contribution is 5.94. The molecule has 0 aliphatic heterocycles. The van der Waals surface area contributed by atoms with Crippen molar-refractivity contribution in [1.82, 2.24) is 5.43 Å². The van der Waals surface area contributed by atoms with E-state index in [1.54, 1.807) is 24.3 Å². The number of benzene rings is 1. The van der Waals surface area contributed by atoms with Crippen LogP contribution < -0.4 is 10.2 Å². The van der Waals surface area contributed by atoms with E-state index in [2.05, 4.69) is 24.4 Å². The van der Waals surface area contributed by atoms with Crippen molar-refractivity contribution in [2.45, 2.75) is 20.3 Å². The van der Waals surface area contributed by atoms with Gasteiger partial charge in [0.15, 0.2) is 5.76 Å². The number of nitrogens with zero attached hydrogens (tertiary/aromatic N) is 2. The van der Waals surface area contributed by atoms with Gasteiger partial charge < -0.3 is 9.15 Å². The van der Waals surface area contributed by atoms with Gasteiger partial charge in [-0.05, 0) is 42.7 Å². The summed E-state index contributed by atoms with van der Waals surface area (Å²) in [6.45, 7) is 4.87. The Bertz CT molecular complexity index is 750. The highest BCUT2D eigenvalue weighted by Crippen LogP contribution is 2.14. The Kier molecular flexibility index (Phi) is 6.27. The molecule has 0 spiro atoms. The monoisotopic (exact) mass is 345 g/mol. The van der Waals surface area contributed by atoms with Gasteiger partial charge in [-0.2, -0.15) is 5.10 Å². The molecule has 1 aromatic heterocycles. The lowest BCUT2D eigenvalue weighted by Crippen LogP contribution is -2.17. The van der Waals surface area contributed by atoms with E-state index in [-0.39, 0.29) is 11.6 Å². The van der Waals surface area contributed by atoms with Gasteiger partial charge >= 0.3 is 5.88 Å². The fourth-order valence-corrected chi connectivity index (χ4v) is 1.84. The van der Waals surface area contributed by atoms with Crippen LogP contribution >= 0.6 is 0 Å². The number of hydrogen-bond acceptors (Lipinski definition) is 6. The first-order valence-corrected chi connectivity index (χ1v) is 7.76. The van der Waals surface area contributed by atoms with Crippen LogP contribution in [0.3, 0.4) is 0 Å². The van der Waals surface area contributed by atoms with Crippen LogP contribution in [0.1, 0.15) is 36.4 Å². The molecule has 0 fully saturated rings. The Hall–Kier alpha value is -3.16. The number of carbonyl (C=O) groups excluding carboxylic acids is 1. The lowest BCUT2D eigenvalue weighted by molar-refractivity contribution is -0.402. The van der Waals surface area contributed by atoms with Gasteiger partial charge in [0.2, 0.25) is 0 Å². The van der Waals surface area contributed by atoms with E-state index in [0.717, 1.165) is 6.42 Å². The second-order valence-electron chi connectivity index (χ2n) is 5.69. The van der Waals surface area contributed by atoms with Crippen molar-refractivity contribution < 1.29 is 18.9 Å². The van der Waals surface area contributed by atoms with Gasteiger partial charge in [-0.15, -0.1) is 0 Å². The summed E-state index contributed by atoms with van der Waals surface area (Å²) in [5.74, 6) is 0.634. The maximum atomic E-state index is 12.0. The summed E-state index contributed by atoms with van der Waals surface area (Å²) in [6, 6.07) is 9.29. The summed E-state index contributed by atoms with van der Waals surface area (Å²) in [6.07, 6.45) is 2.15. The summed E-state index contributed by atoms with van der Waals surface area (Å²) in [5, 5.41) is 14.2. The van der Waals surface area contributed by atoms with Crippen molar-refractivity contribution in [3.8, 4) is 5.75 Å². The van der Waals surface area contributed by atoms with E-state index in [1.165, 1.54) is 18.3 Å². The zero-order valence-corrected chi connectivity index (χ0v) is 14.0. The van der Waals surface area contributed by atoms with Crippen molar-refractivity contribution in [3.63, 3.8) is 0 Å². The van der Waals surface area contributed by atoms with Crippen molar-refractivity contribution in [1.29, 1.82) is 0 Å². The lowest BCUT2D eigenvalue weighted by atomic mass is 10.1.